The van der Waals surface area contributed by atoms with Crippen molar-refractivity contribution in [2.75, 3.05) is 30.8 Å². The lowest BCUT2D eigenvalue weighted by Gasteiger charge is -2.47. The van der Waals surface area contributed by atoms with Crippen LogP contribution in [-0.4, -0.2) is 37.3 Å². The lowest BCUT2D eigenvalue weighted by Crippen LogP contribution is -2.49. The Hall–Kier alpha value is -2.76. The van der Waals surface area contributed by atoms with E-state index >= 15 is 0 Å². The SMILES string of the molecule is COC(=O)C1CC2(CCN(c3cc(N)ccn3)CC2)c2ccccc2O1. The number of aromatic nitrogens is 1. The van der Waals surface area contributed by atoms with Crippen LogP contribution in [0.5, 0.6) is 5.75 Å². The number of ether oxygens (including phenoxy) is 2. The first-order chi connectivity index (χ1) is 12.6. The molecule has 2 N–H and O–H groups in total. The van der Waals surface area contributed by atoms with Gasteiger partial charge in [-0.05, 0) is 25.0 Å². The number of para-hydroxylation sites is 1. The van der Waals surface area contributed by atoms with Crippen LogP contribution in [0.4, 0.5) is 11.5 Å². The van der Waals surface area contributed by atoms with Gasteiger partial charge in [-0.1, -0.05) is 18.2 Å². The number of nitrogens with zero attached hydrogens (tertiary/aromatic N) is 2. The first kappa shape index (κ1) is 16.7. The topological polar surface area (TPSA) is 77.7 Å². The second-order valence-corrected chi connectivity index (χ2v) is 7.04. The minimum atomic E-state index is -0.549. The van der Waals surface area contributed by atoms with Crippen LogP contribution < -0.4 is 15.4 Å². The van der Waals surface area contributed by atoms with Crippen molar-refractivity contribution < 1.29 is 14.3 Å². The number of carbonyl (C=O) groups excluding carboxylic acids is 1. The second-order valence-electron chi connectivity index (χ2n) is 7.04. The van der Waals surface area contributed by atoms with E-state index in [1.807, 2.05) is 24.3 Å². The Kier molecular flexibility index (Phi) is 4.18. The number of benzene rings is 1. The van der Waals surface area contributed by atoms with Gasteiger partial charge in [-0.2, -0.15) is 0 Å². The fourth-order valence-corrected chi connectivity index (χ4v) is 4.17. The molecule has 0 bridgehead atoms. The third-order valence-electron chi connectivity index (χ3n) is 5.58. The summed E-state index contributed by atoms with van der Waals surface area (Å²) in [4.78, 5) is 18.8. The van der Waals surface area contributed by atoms with E-state index in [4.69, 9.17) is 15.2 Å². The first-order valence-corrected chi connectivity index (χ1v) is 8.92. The molecule has 2 aromatic rings. The molecule has 0 aliphatic carbocycles. The van der Waals surface area contributed by atoms with E-state index in [0.717, 1.165) is 43.2 Å². The van der Waals surface area contributed by atoms with E-state index in [9.17, 15) is 4.79 Å². The molecule has 6 nitrogen and oxygen atoms in total. The lowest BCUT2D eigenvalue weighted by atomic mass is 9.67. The third-order valence-corrected chi connectivity index (χ3v) is 5.58. The van der Waals surface area contributed by atoms with Crippen LogP contribution in [0.15, 0.2) is 42.6 Å². The van der Waals surface area contributed by atoms with Crippen LogP contribution >= 0.6 is 0 Å². The third kappa shape index (κ3) is 2.85. The summed E-state index contributed by atoms with van der Waals surface area (Å²) in [5.41, 5.74) is 7.73. The fourth-order valence-electron chi connectivity index (χ4n) is 4.17. The van der Waals surface area contributed by atoms with Crippen molar-refractivity contribution >= 4 is 17.5 Å². The molecular formula is C20H23N3O3. The van der Waals surface area contributed by atoms with Gasteiger partial charge in [0.25, 0.3) is 0 Å². The average Bonchev–Trinajstić information content (AvgIpc) is 2.68. The van der Waals surface area contributed by atoms with Crippen molar-refractivity contribution in [3.8, 4) is 5.75 Å². The summed E-state index contributed by atoms with van der Waals surface area (Å²) in [5.74, 6) is 1.40. The van der Waals surface area contributed by atoms with E-state index in [2.05, 4.69) is 16.0 Å². The highest BCUT2D eigenvalue weighted by Crippen LogP contribution is 2.48. The first-order valence-electron chi connectivity index (χ1n) is 8.92. The molecule has 1 saturated heterocycles. The summed E-state index contributed by atoms with van der Waals surface area (Å²) in [6.07, 6.45) is 3.70. The maximum absolute atomic E-state index is 12.1. The molecule has 1 fully saturated rings. The normalized spacial score (nSPS) is 21.0. The molecule has 0 saturated carbocycles. The molecule has 1 atom stereocenters. The van der Waals surface area contributed by atoms with Crippen LogP contribution in [-0.2, 0) is 14.9 Å². The molecule has 1 spiro atoms. The van der Waals surface area contributed by atoms with Gasteiger partial charge >= 0.3 is 5.97 Å². The fraction of sp³-hybridized carbons (Fsp3) is 0.400. The van der Waals surface area contributed by atoms with Gasteiger partial charge in [-0.3, -0.25) is 0 Å². The zero-order valence-corrected chi connectivity index (χ0v) is 14.9. The summed E-state index contributed by atoms with van der Waals surface area (Å²) in [6, 6.07) is 11.7. The van der Waals surface area contributed by atoms with Gasteiger partial charge in [0.05, 0.1) is 7.11 Å². The number of nitrogens with two attached hydrogens (primary N) is 1. The number of pyridine rings is 1. The molecule has 0 radical (unpaired) electrons. The maximum atomic E-state index is 12.1. The summed E-state index contributed by atoms with van der Waals surface area (Å²) < 4.78 is 10.9. The van der Waals surface area contributed by atoms with E-state index < -0.39 is 6.10 Å². The molecule has 3 heterocycles. The molecule has 4 rings (SSSR count). The smallest absolute Gasteiger partial charge is 0.347 e. The number of methoxy groups -OCH3 is 1. The largest absolute Gasteiger partial charge is 0.478 e. The summed E-state index contributed by atoms with van der Waals surface area (Å²) in [5, 5.41) is 0. The van der Waals surface area contributed by atoms with Gasteiger partial charge in [0.2, 0.25) is 0 Å². The number of esters is 1. The monoisotopic (exact) mass is 353 g/mol. The molecule has 1 aromatic heterocycles. The van der Waals surface area contributed by atoms with Gasteiger partial charge in [-0.15, -0.1) is 0 Å². The van der Waals surface area contributed by atoms with Crippen molar-refractivity contribution in [3.05, 3.63) is 48.2 Å². The highest BCUT2D eigenvalue weighted by atomic mass is 16.6. The van der Waals surface area contributed by atoms with E-state index in [1.165, 1.54) is 12.7 Å². The van der Waals surface area contributed by atoms with Crippen LogP contribution in [0.3, 0.4) is 0 Å². The van der Waals surface area contributed by atoms with Gasteiger partial charge in [-0.25, -0.2) is 9.78 Å². The number of anilines is 2. The Labute approximate surface area is 152 Å². The maximum Gasteiger partial charge on any atom is 0.347 e. The highest BCUT2D eigenvalue weighted by molar-refractivity contribution is 5.76. The van der Waals surface area contributed by atoms with Crippen molar-refractivity contribution in [3.63, 3.8) is 0 Å². The van der Waals surface area contributed by atoms with Crippen molar-refractivity contribution in [2.45, 2.75) is 30.8 Å². The van der Waals surface area contributed by atoms with Crippen LogP contribution in [0.2, 0.25) is 0 Å². The van der Waals surface area contributed by atoms with Gasteiger partial charge in [0.1, 0.15) is 11.6 Å². The zero-order chi connectivity index (χ0) is 18.1. The predicted octanol–water partition coefficient (Wildman–Crippen LogP) is 2.53. The van der Waals surface area contributed by atoms with Crippen LogP contribution in [0.25, 0.3) is 0 Å². The number of piperidine rings is 1. The number of hydrogen-bond donors (Lipinski definition) is 1. The standard InChI is InChI=1S/C20H23N3O3/c1-25-19(24)17-13-20(15-4-2-3-5-16(15)26-17)7-10-23(11-8-20)18-12-14(21)6-9-22-18/h2-6,9,12,17H,7-8,10-11,13H2,1H3,(H2,21,22). The van der Waals surface area contributed by atoms with Gasteiger partial charge < -0.3 is 20.1 Å². The minimum absolute atomic E-state index is 0.0788. The molecule has 0 amide bonds. The highest BCUT2D eigenvalue weighted by Gasteiger charge is 2.46. The van der Waals surface area contributed by atoms with E-state index in [1.54, 1.807) is 12.3 Å². The molecule has 2 aliphatic heterocycles. The van der Waals surface area contributed by atoms with E-state index in [0.29, 0.717) is 6.42 Å². The predicted molar refractivity (Wildman–Crippen MR) is 99.3 cm³/mol. The second kappa shape index (κ2) is 6.52. The van der Waals surface area contributed by atoms with E-state index in [-0.39, 0.29) is 11.4 Å². The lowest BCUT2D eigenvalue weighted by molar-refractivity contribution is -0.150. The number of hydrogen-bond acceptors (Lipinski definition) is 6. The molecule has 136 valence electrons. The number of carbonyl (C=O) groups is 1. The summed E-state index contributed by atoms with van der Waals surface area (Å²) >= 11 is 0. The number of nitrogen functional groups attached to an aromatic ring is 1. The van der Waals surface area contributed by atoms with Gasteiger partial charge in [0, 0.05) is 48.4 Å². The Balaban J connectivity index is 1.61. The van der Waals surface area contributed by atoms with Gasteiger partial charge in [0.15, 0.2) is 6.10 Å². The molecule has 6 heteroatoms. The minimum Gasteiger partial charge on any atom is -0.478 e. The summed E-state index contributed by atoms with van der Waals surface area (Å²) in [7, 11) is 1.41. The molecule has 1 unspecified atom stereocenters. The number of fused-ring (bicyclic) bond motifs is 2. The molecular weight excluding hydrogens is 330 g/mol. The average molecular weight is 353 g/mol. The number of rotatable bonds is 2. The molecule has 2 aliphatic rings. The Morgan fingerprint density at radius 3 is 2.81 bits per heavy atom. The van der Waals surface area contributed by atoms with Crippen LogP contribution in [0, 0.1) is 0 Å². The Bertz CT molecular complexity index is 815. The zero-order valence-electron chi connectivity index (χ0n) is 14.9. The van der Waals surface area contributed by atoms with Crippen LogP contribution in [0.1, 0.15) is 24.8 Å². The Morgan fingerprint density at radius 2 is 2.08 bits per heavy atom. The molecule has 1 aromatic carbocycles. The van der Waals surface area contributed by atoms with Crippen molar-refractivity contribution in [1.29, 1.82) is 0 Å². The van der Waals surface area contributed by atoms with Crippen molar-refractivity contribution in [2.24, 2.45) is 0 Å². The summed E-state index contributed by atoms with van der Waals surface area (Å²) in [6.45, 7) is 1.72. The van der Waals surface area contributed by atoms with Crippen molar-refractivity contribution in [1.82, 2.24) is 4.98 Å². The molecule has 26 heavy (non-hydrogen) atoms. The Morgan fingerprint density at radius 1 is 1.31 bits per heavy atom. The quantitative estimate of drug-likeness (QED) is 0.836.